The molecular formula is C12H18N4S. The van der Waals surface area contributed by atoms with Crippen molar-refractivity contribution in [3.63, 3.8) is 0 Å². The van der Waals surface area contributed by atoms with Crippen molar-refractivity contribution in [1.82, 2.24) is 19.9 Å². The van der Waals surface area contributed by atoms with Gasteiger partial charge in [-0.15, -0.1) is 11.3 Å². The lowest BCUT2D eigenvalue weighted by Crippen LogP contribution is -2.17. The lowest BCUT2D eigenvalue weighted by Gasteiger charge is -2.14. The summed E-state index contributed by atoms with van der Waals surface area (Å²) in [5.74, 6) is 1.13. The normalized spacial score (nSPS) is 12.9. The van der Waals surface area contributed by atoms with Crippen LogP contribution in [0.2, 0.25) is 0 Å². The van der Waals surface area contributed by atoms with Crippen LogP contribution in [-0.2, 0) is 13.5 Å². The van der Waals surface area contributed by atoms with Crippen LogP contribution < -0.4 is 5.32 Å². The predicted molar refractivity (Wildman–Crippen MR) is 70.2 cm³/mol. The monoisotopic (exact) mass is 250 g/mol. The Morgan fingerprint density at radius 3 is 2.82 bits per heavy atom. The second-order valence-electron chi connectivity index (χ2n) is 4.14. The molecule has 0 aliphatic carbocycles. The third kappa shape index (κ3) is 2.73. The van der Waals surface area contributed by atoms with Crippen molar-refractivity contribution in [2.24, 2.45) is 7.05 Å². The Balaban J connectivity index is 2.02. The van der Waals surface area contributed by atoms with E-state index in [1.807, 2.05) is 32.0 Å². The largest absolute Gasteiger partial charge is 0.338 e. The van der Waals surface area contributed by atoms with Crippen LogP contribution >= 0.6 is 11.3 Å². The predicted octanol–water partition coefficient (Wildman–Crippen LogP) is 2.08. The molecule has 92 valence electrons. The van der Waals surface area contributed by atoms with Crippen LogP contribution in [0, 0.1) is 6.92 Å². The maximum Gasteiger partial charge on any atom is 0.108 e. The molecule has 2 aromatic rings. The molecule has 1 unspecified atom stereocenters. The number of hydrogen-bond acceptors (Lipinski definition) is 4. The fraction of sp³-hybridized carbons (Fsp3) is 0.500. The van der Waals surface area contributed by atoms with Gasteiger partial charge in [-0.05, 0) is 20.4 Å². The van der Waals surface area contributed by atoms with Crippen LogP contribution in [-0.4, -0.2) is 21.6 Å². The van der Waals surface area contributed by atoms with Crippen LogP contribution in [0.25, 0.3) is 0 Å². The standard InChI is InChI=1S/C12H18N4S/c1-9-12(17-8-15-9)10(13-2)4-5-11-14-6-7-16(11)3/h6-8,10,13H,4-5H2,1-3H3. The first kappa shape index (κ1) is 12.3. The average Bonchev–Trinajstić information content (AvgIpc) is 2.90. The molecule has 4 nitrogen and oxygen atoms in total. The van der Waals surface area contributed by atoms with Crippen molar-refractivity contribution in [3.05, 3.63) is 34.3 Å². The van der Waals surface area contributed by atoms with Crippen molar-refractivity contribution in [3.8, 4) is 0 Å². The van der Waals surface area contributed by atoms with Gasteiger partial charge in [0, 0.05) is 36.8 Å². The number of rotatable bonds is 5. The molecule has 0 saturated carbocycles. The zero-order chi connectivity index (χ0) is 12.3. The fourth-order valence-corrected chi connectivity index (χ4v) is 2.91. The van der Waals surface area contributed by atoms with Gasteiger partial charge in [-0.1, -0.05) is 0 Å². The Hall–Kier alpha value is -1.20. The summed E-state index contributed by atoms with van der Waals surface area (Å²) in [6, 6.07) is 0.374. The van der Waals surface area contributed by atoms with Crippen LogP contribution in [0.15, 0.2) is 17.9 Å². The molecule has 1 N–H and O–H groups in total. The summed E-state index contributed by atoms with van der Waals surface area (Å²) in [6.07, 6.45) is 5.86. The molecule has 0 aliphatic rings. The van der Waals surface area contributed by atoms with Gasteiger partial charge in [0.05, 0.1) is 11.2 Å². The number of imidazole rings is 1. The summed E-state index contributed by atoms with van der Waals surface area (Å²) in [5, 5.41) is 3.36. The molecule has 0 saturated heterocycles. The molecule has 0 radical (unpaired) electrons. The van der Waals surface area contributed by atoms with Crippen molar-refractivity contribution in [2.45, 2.75) is 25.8 Å². The van der Waals surface area contributed by atoms with Gasteiger partial charge in [0.25, 0.3) is 0 Å². The van der Waals surface area contributed by atoms with E-state index >= 15 is 0 Å². The first-order valence-electron chi connectivity index (χ1n) is 5.75. The molecule has 17 heavy (non-hydrogen) atoms. The molecular weight excluding hydrogens is 232 g/mol. The van der Waals surface area contributed by atoms with Gasteiger partial charge in [0.2, 0.25) is 0 Å². The van der Waals surface area contributed by atoms with E-state index in [2.05, 4.69) is 26.8 Å². The smallest absolute Gasteiger partial charge is 0.108 e. The minimum atomic E-state index is 0.374. The summed E-state index contributed by atoms with van der Waals surface area (Å²) in [5.41, 5.74) is 3.05. The van der Waals surface area contributed by atoms with Gasteiger partial charge in [-0.2, -0.15) is 0 Å². The Morgan fingerprint density at radius 1 is 1.47 bits per heavy atom. The number of nitrogens with zero attached hydrogens (tertiary/aromatic N) is 3. The van der Waals surface area contributed by atoms with E-state index in [9.17, 15) is 0 Å². The molecule has 5 heteroatoms. The number of aryl methyl sites for hydroxylation is 3. The van der Waals surface area contributed by atoms with Crippen molar-refractivity contribution in [2.75, 3.05) is 7.05 Å². The zero-order valence-electron chi connectivity index (χ0n) is 10.5. The first-order chi connectivity index (χ1) is 8.22. The van der Waals surface area contributed by atoms with Crippen molar-refractivity contribution in [1.29, 1.82) is 0 Å². The molecule has 0 aliphatic heterocycles. The average molecular weight is 250 g/mol. The van der Waals surface area contributed by atoms with Gasteiger partial charge >= 0.3 is 0 Å². The van der Waals surface area contributed by atoms with Crippen molar-refractivity contribution < 1.29 is 0 Å². The first-order valence-corrected chi connectivity index (χ1v) is 6.63. The van der Waals surface area contributed by atoms with Crippen LogP contribution in [0.4, 0.5) is 0 Å². The third-order valence-electron chi connectivity index (χ3n) is 3.03. The van der Waals surface area contributed by atoms with E-state index in [4.69, 9.17) is 0 Å². The quantitative estimate of drug-likeness (QED) is 0.883. The molecule has 0 fully saturated rings. The molecule has 2 aromatic heterocycles. The van der Waals surface area contributed by atoms with E-state index in [1.54, 1.807) is 11.3 Å². The molecule has 0 aromatic carbocycles. The highest BCUT2D eigenvalue weighted by atomic mass is 32.1. The summed E-state index contributed by atoms with van der Waals surface area (Å²) < 4.78 is 2.08. The highest BCUT2D eigenvalue weighted by molar-refractivity contribution is 7.09. The zero-order valence-corrected chi connectivity index (χ0v) is 11.3. The number of thiazole rings is 1. The number of hydrogen-bond donors (Lipinski definition) is 1. The highest BCUT2D eigenvalue weighted by Crippen LogP contribution is 2.25. The van der Waals surface area contributed by atoms with Gasteiger partial charge in [-0.3, -0.25) is 0 Å². The number of nitrogens with one attached hydrogen (secondary N) is 1. The van der Waals surface area contributed by atoms with Crippen LogP contribution in [0.1, 0.15) is 28.9 Å². The SMILES string of the molecule is CNC(CCc1nccn1C)c1scnc1C. The second-order valence-corrected chi connectivity index (χ2v) is 5.02. The van der Waals surface area contributed by atoms with Gasteiger partial charge in [-0.25, -0.2) is 9.97 Å². The summed E-state index contributed by atoms with van der Waals surface area (Å²) in [6.45, 7) is 2.07. The molecule has 0 spiro atoms. The maximum atomic E-state index is 4.35. The lowest BCUT2D eigenvalue weighted by atomic mass is 10.1. The van der Waals surface area contributed by atoms with E-state index in [0.29, 0.717) is 6.04 Å². The van der Waals surface area contributed by atoms with Crippen LogP contribution in [0.5, 0.6) is 0 Å². The molecule has 1 atom stereocenters. The Morgan fingerprint density at radius 2 is 2.29 bits per heavy atom. The minimum Gasteiger partial charge on any atom is -0.338 e. The van der Waals surface area contributed by atoms with E-state index in [0.717, 1.165) is 24.4 Å². The molecule has 2 rings (SSSR count). The van der Waals surface area contributed by atoms with E-state index in [-0.39, 0.29) is 0 Å². The summed E-state index contributed by atoms with van der Waals surface area (Å²) in [7, 11) is 4.04. The Kier molecular flexibility index (Phi) is 3.91. The molecule has 0 amide bonds. The van der Waals surface area contributed by atoms with E-state index in [1.165, 1.54) is 4.88 Å². The van der Waals surface area contributed by atoms with Crippen molar-refractivity contribution >= 4 is 11.3 Å². The third-order valence-corrected chi connectivity index (χ3v) is 4.07. The van der Waals surface area contributed by atoms with Gasteiger partial charge in [0.15, 0.2) is 0 Å². The molecule has 2 heterocycles. The minimum absolute atomic E-state index is 0.374. The van der Waals surface area contributed by atoms with Gasteiger partial charge in [0.1, 0.15) is 5.82 Å². The maximum absolute atomic E-state index is 4.35. The fourth-order valence-electron chi connectivity index (χ4n) is 1.96. The van der Waals surface area contributed by atoms with Crippen LogP contribution in [0.3, 0.4) is 0 Å². The topological polar surface area (TPSA) is 42.7 Å². The Bertz CT molecular complexity index is 474. The van der Waals surface area contributed by atoms with E-state index < -0.39 is 0 Å². The van der Waals surface area contributed by atoms with Gasteiger partial charge < -0.3 is 9.88 Å². The summed E-state index contributed by atoms with van der Waals surface area (Å²) >= 11 is 1.72. The Labute approximate surface area is 106 Å². The summed E-state index contributed by atoms with van der Waals surface area (Å²) in [4.78, 5) is 9.99. The highest BCUT2D eigenvalue weighted by Gasteiger charge is 2.14. The number of aromatic nitrogens is 3. The molecule has 0 bridgehead atoms. The second kappa shape index (κ2) is 5.42. The lowest BCUT2D eigenvalue weighted by molar-refractivity contribution is 0.540.